The molecule has 0 bridgehead atoms. The zero-order chi connectivity index (χ0) is 31.2. The zero-order valence-electron chi connectivity index (χ0n) is 31.2. The standard InChI is InChI=1S/2C6H8.2C5H5.2C3H5BrO.CH2I2.6CH3.2Ga.2W.2Y.4H/c2*1-6-4-2-3-5-6;2*1-2-4-5-3-1;2*1-3(5)2-4;1-3-2;;;;;;;;;;;;;;;;/h2*2-4H,5H2,1H3;2*1-3H,4H2;2*2H2,1H3;1H2;6*1H3;;;;;;;;;;/q;;2*-1;;;;;;4*-1;;;;;;;;;;. The average molecular weight is 1610 g/mol. The van der Waals surface area contributed by atoms with Gasteiger partial charge in [0.1, 0.15) is 11.6 Å². The topological polar surface area (TPSA) is 34.1 Å². The van der Waals surface area contributed by atoms with Gasteiger partial charge in [-0.2, -0.15) is 12.2 Å². The minimum Gasteiger partial charge on any atom is 0 e. The molecule has 12 heteroatoms. The molecule has 0 atom stereocenters. The fourth-order valence-corrected chi connectivity index (χ4v) is 1.79. The second-order valence-electron chi connectivity index (χ2n) is 7.07. The van der Waals surface area contributed by atoms with Crippen LogP contribution >= 0.6 is 67.2 Å². The van der Waals surface area contributed by atoms with E-state index in [1.807, 2.05) is 24.3 Å². The van der Waals surface area contributed by atoms with Crippen LogP contribution in [0.2, 0.25) is 11.0 Å². The van der Waals surface area contributed by atoms with Crippen LogP contribution in [0.3, 0.4) is 0 Å². The predicted molar refractivity (Wildman–Crippen MR) is 237 cm³/mol. The summed E-state index contributed by atoms with van der Waals surface area (Å²) in [6.07, 6.45) is 35.1. The van der Waals surface area contributed by atoms with Gasteiger partial charge < -0.3 is 29.7 Å². The molecule has 0 saturated carbocycles. The molecule has 0 aromatic rings. The zero-order valence-corrected chi connectivity index (χ0v) is 58.6. The van der Waals surface area contributed by atoms with Crippen LogP contribution in [-0.2, 0) is 117 Å². The maximum atomic E-state index is 9.77. The summed E-state index contributed by atoms with van der Waals surface area (Å²) in [5.74, 6) is 0.343. The first-order valence-electron chi connectivity index (χ1n) is 12.9. The fraction of sp³-hybridized carbons (Fsp3) is 0.343. The van der Waals surface area contributed by atoms with Crippen molar-refractivity contribution in [2.24, 2.45) is 0 Å². The number of halogens is 4. The number of alkyl halides is 2. The molecule has 0 spiro atoms. The van der Waals surface area contributed by atoms with Gasteiger partial charge in [-0.1, -0.05) is 101 Å². The molecule has 4 aliphatic rings. The quantitative estimate of drug-likeness (QED) is 0.120. The van der Waals surface area contributed by atoms with Crippen LogP contribution in [0.25, 0.3) is 0 Å². The Balaban J connectivity index is -0.0000000251. The third-order valence-electron chi connectivity index (χ3n) is 3.46. The molecular formula is C35H60Br2Ga2I2O2W2Y2-6. The van der Waals surface area contributed by atoms with E-state index in [9.17, 15) is 9.59 Å². The molecule has 0 aliphatic heterocycles. The van der Waals surface area contributed by atoms with E-state index >= 15 is 0 Å². The molecule has 0 fully saturated rings. The second kappa shape index (κ2) is 87.9. The molecule has 47 heavy (non-hydrogen) atoms. The number of rotatable bonds is 2. The molecule has 270 valence electrons. The number of carbonyl (C=O) groups excluding carboxylic acids is 2. The molecule has 0 aromatic heterocycles. The molecule has 4 rings (SSSR count). The molecule has 0 saturated heterocycles. The van der Waals surface area contributed by atoms with E-state index in [1.54, 1.807) is 0 Å². The summed E-state index contributed by atoms with van der Waals surface area (Å²) >= 11 is 10.7. The van der Waals surface area contributed by atoms with Gasteiger partial charge in [-0.05, 0) is 59.2 Å². The van der Waals surface area contributed by atoms with Gasteiger partial charge in [-0.15, -0.1) is 12.8 Å². The second-order valence-corrected chi connectivity index (χ2v) is 12.6. The Morgan fingerprint density at radius 2 is 0.957 bits per heavy atom. The van der Waals surface area contributed by atoms with Crippen LogP contribution in [0, 0.1) is 41.9 Å². The van der Waals surface area contributed by atoms with Crippen molar-refractivity contribution in [1.82, 2.24) is 0 Å². The largest absolute Gasteiger partial charge is 0 e. The minimum absolute atomic E-state index is 0. The van der Waals surface area contributed by atoms with Crippen LogP contribution in [0.1, 0.15) is 53.4 Å². The van der Waals surface area contributed by atoms with Crippen molar-refractivity contribution in [1.29, 1.82) is 0 Å². The fourth-order valence-electron chi connectivity index (χ4n) is 1.79. The molecule has 0 aromatic carbocycles. The first kappa shape index (κ1) is 88.5. The molecule has 0 unspecified atom stereocenters. The van der Waals surface area contributed by atoms with Crippen molar-refractivity contribution >= 4 is 121 Å². The number of ketones is 2. The molecule has 2 nitrogen and oxygen atoms in total. The first-order valence-corrected chi connectivity index (χ1v) is 31.4. The van der Waals surface area contributed by atoms with Crippen LogP contribution in [0.15, 0.2) is 84.1 Å². The van der Waals surface area contributed by atoms with Crippen LogP contribution < -0.4 is 0 Å². The summed E-state index contributed by atoms with van der Waals surface area (Å²) in [5, 5.41) is 0.958. The molecule has 2 radical (unpaired) electrons. The van der Waals surface area contributed by atoms with Crippen LogP contribution in [-0.4, -0.2) is 63.9 Å². The minimum atomic E-state index is 0. The summed E-state index contributed by atoms with van der Waals surface area (Å²) in [6, 6.07) is 0. The van der Waals surface area contributed by atoms with E-state index in [0.717, 1.165) is 50.0 Å². The van der Waals surface area contributed by atoms with Gasteiger partial charge in [0.05, 0.1) is 10.7 Å². The van der Waals surface area contributed by atoms with E-state index in [-0.39, 0.29) is 149 Å². The van der Waals surface area contributed by atoms with Gasteiger partial charge in [-0.3, -0.25) is 21.7 Å². The van der Waals surface area contributed by atoms with Crippen LogP contribution in [0.4, 0.5) is 0 Å². The van der Waals surface area contributed by atoms with Crippen molar-refractivity contribution in [2.75, 3.05) is 10.7 Å². The Hall–Kier alpha value is 4.41. The molecule has 0 N–H and O–H groups in total. The van der Waals surface area contributed by atoms with Crippen LogP contribution in [0.5, 0.6) is 0 Å². The van der Waals surface area contributed by atoms with Crippen molar-refractivity contribution < 1.29 is 117 Å². The number of hydrogen-bond acceptors (Lipinski definition) is 2. The number of carbonyl (C=O) groups is 2. The van der Waals surface area contributed by atoms with E-state index in [0.29, 0.717) is 27.4 Å². The maximum absolute atomic E-state index is 9.77. The Morgan fingerprint density at radius 3 is 1.00 bits per heavy atom. The average Bonchev–Trinajstić information content (AvgIpc) is 3.78. The molecule has 0 heterocycles. The third kappa shape index (κ3) is 112. The Bertz CT molecular complexity index is 752. The SMILES string of the molecule is C=II.CC(=O)CBr.CC(=O)CBr.CC1=CC=CC1.CC1=CC=CC1.[C-]1=CC=CC1.[C-]1=CC=CC1.[CH3-].[CH3-].[CH3-].[CH3-].[CH3][GaH2].[CH3][GaH2].[W].[W].[Y].[Y]. The summed E-state index contributed by atoms with van der Waals surface area (Å²) < 4.78 is 3.58. The monoisotopic (exact) mass is 1610 g/mol. The first-order chi connectivity index (χ1) is 18.7. The predicted octanol–water partition coefficient (Wildman–Crippen LogP) is 11.2. The van der Waals surface area contributed by atoms with Gasteiger partial charge in [0.25, 0.3) is 0 Å². The number of allylic oxidation sites excluding steroid dienone is 16. The smallest absolute Gasteiger partial charge is 0 e. The summed E-state index contributed by atoms with van der Waals surface area (Å²) in [7, 11) is 0. The normalized spacial score (nSPS) is 10.7. The molecule has 0 amide bonds. The van der Waals surface area contributed by atoms with E-state index in [1.165, 1.54) is 37.8 Å². The van der Waals surface area contributed by atoms with Gasteiger partial charge in [0.2, 0.25) is 0 Å². The van der Waals surface area contributed by atoms with Gasteiger partial charge in [0.15, 0.2) is 0 Å². The molecular weight excluding hydrogens is 1550 g/mol. The van der Waals surface area contributed by atoms with Gasteiger partial charge in [-0.25, -0.2) is 24.3 Å². The van der Waals surface area contributed by atoms with Gasteiger partial charge >= 0.3 is 48.2 Å². The summed E-state index contributed by atoms with van der Waals surface area (Å²) in [5.41, 5.74) is 7.31. The summed E-state index contributed by atoms with van der Waals surface area (Å²) in [4.78, 5) is 19.5. The van der Waals surface area contributed by atoms with E-state index in [2.05, 4.69) is 141 Å². The van der Waals surface area contributed by atoms with E-state index in [4.69, 9.17) is 0 Å². The Morgan fingerprint density at radius 1 is 0.723 bits per heavy atom. The Labute approximate surface area is 430 Å². The van der Waals surface area contributed by atoms with Crippen molar-refractivity contribution in [3.05, 3.63) is 126 Å². The molecule has 4 aliphatic carbocycles. The van der Waals surface area contributed by atoms with E-state index < -0.39 is 0 Å². The van der Waals surface area contributed by atoms with Crippen molar-refractivity contribution in [3.63, 3.8) is 0 Å². The maximum Gasteiger partial charge on any atom is 0 e. The summed E-state index contributed by atoms with van der Waals surface area (Å²) in [6.45, 7) is 7.35. The number of hydrogen-bond donors (Lipinski definition) is 0. The van der Waals surface area contributed by atoms with Gasteiger partial charge in [0, 0.05) is 108 Å². The Kier molecular flexibility index (Phi) is 166. The van der Waals surface area contributed by atoms with Crippen molar-refractivity contribution in [2.45, 2.75) is 64.3 Å². The third-order valence-corrected chi connectivity index (χ3v) is 5.04. The van der Waals surface area contributed by atoms with Crippen molar-refractivity contribution in [3.8, 4) is 0 Å². The number of Topliss-reactive ketones (excluding diaryl/α,β-unsaturated/α-hetero) is 2.